The van der Waals surface area contributed by atoms with E-state index in [0.717, 1.165) is 19.3 Å². The van der Waals surface area contributed by atoms with E-state index in [9.17, 15) is 4.79 Å². The van der Waals surface area contributed by atoms with E-state index in [1.807, 2.05) is 13.8 Å². The molecule has 0 saturated carbocycles. The van der Waals surface area contributed by atoms with E-state index in [4.69, 9.17) is 10.8 Å². The summed E-state index contributed by atoms with van der Waals surface area (Å²) in [4.78, 5) is 11.2. The van der Waals surface area contributed by atoms with Crippen molar-refractivity contribution >= 4 is 5.91 Å². The van der Waals surface area contributed by atoms with Crippen molar-refractivity contribution in [3.8, 4) is 0 Å². The van der Waals surface area contributed by atoms with Crippen LogP contribution in [-0.2, 0) is 4.79 Å². The molecule has 0 heterocycles. The lowest BCUT2D eigenvalue weighted by atomic mass is 10.1. The summed E-state index contributed by atoms with van der Waals surface area (Å²) < 4.78 is 0. The number of hydrogen-bond donors (Lipinski definition) is 3. The largest absolute Gasteiger partial charge is 0.396 e. The molecule has 4 nitrogen and oxygen atoms in total. The van der Waals surface area contributed by atoms with E-state index in [1.54, 1.807) is 0 Å². The summed E-state index contributed by atoms with van der Waals surface area (Å²) in [5.74, 6) is 0.398. The molecular weight excluding hydrogens is 192 g/mol. The molecule has 2 atom stereocenters. The molecule has 4 N–H and O–H groups in total. The van der Waals surface area contributed by atoms with Gasteiger partial charge in [-0.05, 0) is 32.1 Å². The van der Waals surface area contributed by atoms with Gasteiger partial charge in [0.2, 0.25) is 5.91 Å². The Hall–Kier alpha value is -0.610. The number of amides is 1. The Morgan fingerprint density at radius 2 is 2.07 bits per heavy atom. The minimum Gasteiger partial charge on any atom is -0.396 e. The van der Waals surface area contributed by atoms with Crippen LogP contribution in [0.4, 0.5) is 0 Å². The van der Waals surface area contributed by atoms with E-state index in [-0.39, 0.29) is 18.6 Å². The molecule has 0 radical (unpaired) electrons. The van der Waals surface area contributed by atoms with Crippen LogP contribution in [0.15, 0.2) is 0 Å². The second-order valence-corrected chi connectivity index (χ2v) is 4.30. The van der Waals surface area contributed by atoms with E-state index in [1.165, 1.54) is 0 Å². The van der Waals surface area contributed by atoms with Crippen LogP contribution in [0.5, 0.6) is 0 Å². The van der Waals surface area contributed by atoms with Crippen LogP contribution in [-0.4, -0.2) is 30.2 Å². The van der Waals surface area contributed by atoms with E-state index in [2.05, 4.69) is 5.32 Å². The average molecular weight is 216 g/mol. The molecular formula is C11H24N2O2. The predicted molar refractivity (Wildman–Crippen MR) is 61.4 cm³/mol. The molecule has 0 aliphatic heterocycles. The zero-order chi connectivity index (χ0) is 11.7. The summed E-state index contributed by atoms with van der Waals surface area (Å²) in [5, 5.41) is 11.6. The lowest BCUT2D eigenvalue weighted by Gasteiger charge is -2.09. The average Bonchev–Trinajstić information content (AvgIpc) is 2.21. The fraction of sp³-hybridized carbons (Fsp3) is 0.909. The van der Waals surface area contributed by atoms with Crippen LogP contribution in [0.3, 0.4) is 0 Å². The molecule has 2 unspecified atom stereocenters. The standard InChI is InChI=1S/C11H24N2O2/c1-9(8-14)4-3-7-13-11(15)6-5-10(2)12/h9-10,14H,3-8,12H2,1-2H3,(H,13,15). The number of carbonyl (C=O) groups is 1. The summed E-state index contributed by atoms with van der Waals surface area (Å²) in [6.45, 7) is 4.81. The highest BCUT2D eigenvalue weighted by Gasteiger charge is 2.03. The number of aliphatic hydroxyl groups is 1. The Morgan fingerprint density at radius 1 is 1.40 bits per heavy atom. The Bertz CT molecular complexity index is 172. The minimum atomic E-state index is 0.0731. The number of carbonyl (C=O) groups excluding carboxylic acids is 1. The van der Waals surface area contributed by atoms with Gasteiger partial charge in [-0.15, -0.1) is 0 Å². The van der Waals surface area contributed by atoms with Gasteiger partial charge >= 0.3 is 0 Å². The van der Waals surface area contributed by atoms with Gasteiger partial charge < -0.3 is 16.2 Å². The molecule has 0 spiro atoms. The summed E-state index contributed by atoms with van der Waals surface area (Å²) in [6, 6.07) is 0.0881. The van der Waals surface area contributed by atoms with Crippen molar-refractivity contribution in [2.45, 2.75) is 45.6 Å². The molecule has 0 rings (SSSR count). The number of aliphatic hydroxyl groups excluding tert-OH is 1. The summed E-state index contributed by atoms with van der Waals surface area (Å²) in [6.07, 6.45) is 3.11. The van der Waals surface area contributed by atoms with Gasteiger partial charge in [0.15, 0.2) is 0 Å². The van der Waals surface area contributed by atoms with E-state index >= 15 is 0 Å². The van der Waals surface area contributed by atoms with Gasteiger partial charge in [0, 0.05) is 25.6 Å². The first kappa shape index (κ1) is 14.4. The van der Waals surface area contributed by atoms with Crippen LogP contribution >= 0.6 is 0 Å². The SMILES string of the molecule is CC(N)CCC(=O)NCCCC(C)CO. The zero-order valence-corrected chi connectivity index (χ0v) is 9.83. The van der Waals surface area contributed by atoms with Crippen molar-refractivity contribution in [2.75, 3.05) is 13.2 Å². The van der Waals surface area contributed by atoms with Crippen LogP contribution in [0.25, 0.3) is 0 Å². The first-order valence-electron chi connectivity index (χ1n) is 5.69. The molecule has 0 aliphatic carbocycles. The van der Waals surface area contributed by atoms with E-state index in [0.29, 0.717) is 18.9 Å². The van der Waals surface area contributed by atoms with Gasteiger partial charge in [0.1, 0.15) is 0 Å². The van der Waals surface area contributed by atoms with Crippen molar-refractivity contribution in [1.29, 1.82) is 0 Å². The smallest absolute Gasteiger partial charge is 0.220 e. The molecule has 0 fully saturated rings. The molecule has 4 heteroatoms. The fourth-order valence-corrected chi connectivity index (χ4v) is 1.22. The van der Waals surface area contributed by atoms with Gasteiger partial charge in [0.25, 0.3) is 0 Å². The third kappa shape index (κ3) is 9.69. The lowest BCUT2D eigenvalue weighted by molar-refractivity contribution is -0.121. The molecule has 90 valence electrons. The first-order valence-corrected chi connectivity index (χ1v) is 5.69. The lowest BCUT2D eigenvalue weighted by Crippen LogP contribution is -2.27. The minimum absolute atomic E-state index is 0.0731. The van der Waals surface area contributed by atoms with Gasteiger partial charge in [0.05, 0.1) is 0 Å². The number of rotatable bonds is 8. The van der Waals surface area contributed by atoms with Crippen LogP contribution in [0.2, 0.25) is 0 Å². The number of hydrogen-bond acceptors (Lipinski definition) is 3. The van der Waals surface area contributed by atoms with Crippen molar-refractivity contribution in [1.82, 2.24) is 5.32 Å². The molecule has 15 heavy (non-hydrogen) atoms. The highest BCUT2D eigenvalue weighted by molar-refractivity contribution is 5.75. The van der Waals surface area contributed by atoms with Crippen molar-refractivity contribution in [3.05, 3.63) is 0 Å². The highest BCUT2D eigenvalue weighted by atomic mass is 16.3. The third-order valence-electron chi connectivity index (χ3n) is 2.33. The second kappa shape index (κ2) is 8.68. The van der Waals surface area contributed by atoms with Crippen molar-refractivity contribution in [3.63, 3.8) is 0 Å². The molecule has 0 saturated heterocycles. The molecule has 0 aromatic rings. The number of nitrogens with two attached hydrogens (primary N) is 1. The normalized spacial score (nSPS) is 14.7. The molecule has 0 aromatic carbocycles. The monoisotopic (exact) mass is 216 g/mol. The van der Waals surface area contributed by atoms with Gasteiger partial charge in [-0.3, -0.25) is 4.79 Å². The van der Waals surface area contributed by atoms with Crippen LogP contribution in [0.1, 0.15) is 39.5 Å². The van der Waals surface area contributed by atoms with Crippen molar-refractivity contribution < 1.29 is 9.90 Å². The van der Waals surface area contributed by atoms with Gasteiger partial charge in [-0.2, -0.15) is 0 Å². The Balaban J connectivity index is 3.31. The van der Waals surface area contributed by atoms with Gasteiger partial charge in [-0.25, -0.2) is 0 Å². The topological polar surface area (TPSA) is 75.4 Å². The first-order chi connectivity index (χ1) is 7.06. The molecule has 0 aliphatic rings. The second-order valence-electron chi connectivity index (χ2n) is 4.30. The zero-order valence-electron chi connectivity index (χ0n) is 9.83. The fourth-order valence-electron chi connectivity index (χ4n) is 1.22. The maximum absolute atomic E-state index is 11.2. The Morgan fingerprint density at radius 3 is 2.60 bits per heavy atom. The van der Waals surface area contributed by atoms with E-state index < -0.39 is 0 Å². The van der Waals surface area contributed by atoms with Crippen LogP contribution < -0.4 is 11.1 Å². The maximum atomic E-state index is 11.2. The molecule has 0 aromatic heterocycles. The maximum Gasteiger partial charge on any atom is 0.220 e. The Kier molecular flexibility index (Phi) is 8.33. The van der Waals surface area contributed by atoms with Crippen LogP contribution in [0, 0.1) is 5.92 Å². The molecule has 0 bridgehead atoms. The van der Waals surface area contributed by atoms with Gasteiger partial charge in [-0.1, -0.05) is 6.92 Å². The summed E-state index contributed by atoms with van der Waals surface area (Å²) >= 11 is 0. The summed E-state index contributed by atoms with van der Waals surface area (Å²) in [7, 11) is 0. The van der Waals surface area contributed by atoms with Crippen molar-refractivity contribution in [2.24, 2.45) is 11.7 Å². The predicted octanol–water partition coefficient (Wildman–Crippen LogP) is 0.639. The Labute approximate surface area is 92.2 Å². The third-order valence-corrected chi connectivity index (χ3v) is 2.33. The molecule has 1 amide bonds. The quantitative estimate of drug-likeness (QED) is 0.521. The highest BCUT2D eigenvalue weighted by Crippen LogP contribution is 2.02. The summed E-state index contributed by atoms with van der Waals surface area (Å²) in [5.41, 5.74) is 5.55. The number of nitrogens with one attached hydrogen (secondary N) is 1.